The summed E-state index contributed by atoms with van der Waals surface area (Å²) in [6, 6.07) is 4.22. The molecule has 3 heterocycles. The number of aromatic nitrogens is 4. The van der Waals surface area contributed by atoms with Crippen LogP contribution in [0.25, 0.3) is 11.3 Å². The number of imidazole rings is 1. The summed E-state index contributed by atoms with van der Waals surface area (Å²) in [5, 5.41) is 15.2. The lowest BCUT2D eigenvalue weighted by Crippen LogP contribution is -2.50. The largest absolute Gasteiger partial charge is 0.465 e. The van der Waals surface area contributed by atoms with Crippen molar-refractivity contribution in [2.24, 2.45) is 7.05 Å². The topological polar surface area (TPSA) is 126 Å². The van der Waals surface area contributed by atoms with Gasteiger partial charge in [-0.2, -0.15) is 18.3 Å². The van der Waals surface area contributed by atoms with Crippen molar-refractivity contribution < 1.29 is 32.7 Å². The van der Waals surface area contributed by atoms with Crippen molar-refractivity contribution in [3.05, 3.63) is 52.7 Å². The summed E-state index contributed by atoms with van der Waals surface area (Å²) < 4.78 is 42.9. The Bertz CT molecular complexity index is 1480. The number of carbonyl (C=O) groups is 3. The van der Waals surface area contributed by atoms with E-state index in [1.807, 2.05) is 0 Å². The molecule has 15 heteroatoms. The van der Waals surface area contributed by atoms with Crippen molar-refractivity contribution in [3.63, 3.8) is 0 Å². The van der Waals surface area contributed by atoms with Crippen LogP contribution in [0.2, 0.25) is 5.02 Å². The third-order valence-electron chi connectivity index (χ3n) is 6.05. The average molecular weight is 564 g/mol. The first-order valence-electron chi connectivity index (χ1n) is 11.4. The Morgan fingerprint density at radius 1 is 1.18 bits per heavy atom. The number of amides is 3. The minimum absolute atomic E-state index is 0.00211. The maximum atomic E-state index is 13.6. The molecule has 0 bridgehead atoms. The SMILES string of the molecule is C#CCn1cc(-c2cnc(C(=O)Nc3ccc(C(=O)N4CCN(C(=O)O)CC4)c(Cl)c3)n2C)c(C(F)(F)F)n1. The van der Waals surface area contributed by atoms with Crippen LogP contribution in [0.5, 0.6) is 0 Å². The number of piperazine rings is 1. The van der Waals surface area contributed by atoms with Crippen LogP contribution in [0.15, 0.2) is 30.6 Å². The molecule has 3 amide bonds. The van der Waals surface area contributed by atoms with E-state index in [9.17, 15) is 27.6 Å². The maximum Gasteiger partial charge on any atom is 0.435 e. The highest BCUT2D eigenvalue weighted by Gasteiger charge is 2.38. The van der Waals surface area contributed by atoms with Gasteiger partial charge >= 0.3 is 12.3 Å². The molecule has 4 rings (SSSR count). The molecular weight excluding hydrogens is 543 g/mol. The van der Waals surface area contributed by atoms with Crippen molar-refractivity contribution in [1.82, 2.24) is 29.1 Å². The number of carboxylic acid groups (broad SMARTS) is 1. The van der Waals surface area contributed by atoms with Crippen LogP contribution in [-0.2, 0) is 19.8 Å². The summed E-state index contributed by atoms with van der Waals surface area (Å²) in [7, 11) is 1.38. The molecule has 0 unspecified atom stereocenters. The third kappa shape index (κ3) is 5.68. The zero-order chi connectivity index (χ0) is 28.5. The Hall–Kier alpha value is -4.51. The summed E-state index contributed by atoms with van der Waals surface area (Å²) in [6.07, 6.45) is 1.63. The van der Waals surface area contributed by atoms with E-state index in [2.05, 4.69) is 21.3 Å². The van der Waals surface area contributed by atoms with Crippen molar-refractivity contribution in [1.29, 1.82) is 0 Å². The van der Waals surface area contributed by atoms with Crippen LogP contribution >= 0.6 is 11.6 Å². The number of nitrogens with zero attached hydrogens (tertiary/aromatic N) is 6. The number of rotatable bonds is 5. The highest BCUT2D eigenvalue weighted by atomic mass is 35.5. The molecule has 3 aromatic rings. The lowest BCUT2D eigenvalue weighted by atomic mass is 10.1. The number of benzene rings is 1. The van der Waals surface area contributed by atoms with E-state index < -0.39 is 23.9 Å². The number of halogens is 4. The quantitative estimate of drug-likeness (QED) is 0.459. The zero-order valence-electron chi connectivity index (χ0n) is 20.4. The highest BCUT2D eigenvalue weighted by molar-refractivity contribution is 6.34. The van der Waals surface area contributed by atoms with E-state index in [0.29, 0.717) is 0 Å². The molecule has 204 valence electrons. The molecular formula is C24H21ClF3N7O4. The second-order valence-electron chi connectivity index (χ2n) is 8.53. The molecule has 1 aliphatic heterocycles. The molecule has 1 aromatic carbocycles. The predicted molar refractivity (Wildman–Crippen MR) is 133 cm³/mol. The zero-order valence-corrected chi connectivity index (χ0v) is 21.1. The Labute approximate surface area is 224 Å². The molecule has 0 aliphatic carbocycles. The van der Waals surface area contributed by atoms with Crippen LogP contribution in [-0.4, -0.2) is 78.3 Å². The minimum atomic E-state index is -4.76. The third-order valence-corrected chi connectivity index (χ3v) is 6.36. The maximum absolute atomic E-state index is 13.6. The van der Waals surface area contributed by atoms with Gasteiger partial charge in [-0.25, -0.2) is 9.78 Å². The first-order valence-corrected chi connectivity index (χ1v) is 11.8. The van der Waals surface area contributed by atoms with Gasteiger partial charge in [0.1, 0.15) is 6.54 Å². The van der Waals surface area contributed by atoms with E-state index in [4.69, 9.17) is 23.1 Å². The number of alkyl halides is 3. The van der Waals surface area contributed by atoms with Crippen LogP contribution in [0.1, 0.15) is 26.7 Å². The number of hydrogen-bond acceptors (Lipinski definition) is 5. The molecule has 0 spiro atoms. The fourth-order valence-corrected chi connectivity index (χ4v) is 4.35. The summed E-state index contributed by atoms with van der Waals surface area (Å²) in [6.45, 7) is 0.589. The Balaban J connectivity index is 1.50. The average Bonchev–Trinajstić information content (AvgIpc) is 3.47. The molecule has 2 N–H and O–H groups in total. The molecule has 2 aromatic heterocycles. The van der Waals surface area contributed by atoms with Crippen molar-refractivity contribution >= 4 is 35.2 Å². The van der Waals surface area contributed by atoms with Crippen molar-refractivity contribution in [2.45, 2.75) is 12.7 Å². The van der Waals surface area contributed by atoms with Gasteiger partial charge in [0.15, 0.2) is 11.5 Å². The molecule has 0 atom stereocenters. The molecule has 11 nitrogen and oxygen atoms in total. The van der Waals surface area contributed by atoms with Gasteiger partial charge in [0.2, 0.25) is 0 Å². The van der Waals surface area contributed by atoms with Gasteiger partial charge in [-0.15, -0.1) is 6.42 Å². The number of anilines is 1. The molecule has 1 fully saturated rings. The van der Waals surface area contributed by atoms with Gasteiger partial charge in [-0.3, -0.25) is 14.3 Å². The number of hydrogen-bond donors (Lipinski definition) is 2. The van der Waals surface area contributed by atoms with Crippen LogP contribution in [0, 0.1) is 12.3 Å². The van der Waals surface area contributed by atoms with Crippen LogP contribution in [0.4, 0.5) is 23.7 Å². The second-order valence-corrected chi connectivity index (χ2v) is 8.93. The molecule has 1 saturated heterocycles. The lowest BCUT2D eigenvalue weighted by Gasteiger charge is -2.33. The fourth-order valence-electron chi connectivity index (χ4n) is 4.09. The standard InChI is InChI=1S/C24H21ClF3N7O4/c1-3-6-35-13-16(19(31-35)24(26,27)28)18-12-29-20(32(18)2)21(36)30-14-4-5-15(17(25)11-14)22(37)33-7-9-34(10-8-33)23(38)39/h1,4-5,11-13H,6-10H2,2H3,(H,30,36)(H,38,39). The van der Waals surface area contributed by atoms with Gasteiger partial charge < -0.3 is 24.8 Å². The van der Waals surface area contributed by atoms with Gasteiger partial charge in [0, 0.05) is 45.1 Å². The predicted octanol–water partition coefficient (Wildman–Crippen LogP) is 3.28. The first kappa shape index (κ1) is 27.5. The van der Waals surface area contributed by atoms with Crippen molar-refractivity contribution in [3.8, 4) is 23.6 Å². The van der Waals surface area contributed by atoms with E-state index >= 15 is 0 Å². The highest BCUT2D eigenvalue weighted by Crippen LogP contribution is 2.36. The van der Waals surface area contributed by atoms with E-state index in [-0.39, 0.29) is 72.0 Å². The summed E-state index contributed by atoms with van der Waals surface area (Å²) in [5.41, 5.74) is -1.07. The second kappa shape index (κ2) is 10.7. The number of carbonyl (C=O) groups excluding carboxylic acids is 2. The lowest BCUT2D eigenvalue weighted by molar-refractivity contribution is -0.141. The van der Waals surface area contributed by atoms with E-state index in [1.54, 1.807) is 0 Å². The molecule has 0 saturated carbocycles. The molecule has 39 heavy (non-hydrogen) atoms. The molecule has 1 aliphatic rings. The van der Waals surface area contributed by atoms with Crippen molar-refractivity contribution in [2.75, 3.05) is 31.5 Å². The first-order chi connectivity index (χ1) is 18.4. The van der Waals surface area contributed by atoms with Gasteiger partial charge in [-0.05, 0) is 18.2 Å². The van der Waals surface area contributed by atoms with E-state index in [0.717, 1.165) is 17.1 Å². The Kier molecular flexibility index (Phi) is 7.55. The normalized spacial score (nSPS) is 13.7. The summed E-state index contributed by atoms with van der Waals surface area (Å²) >= 11 is 6.30. The Morgan fingerprint density at radius 3 is 2.44 bits per heavy atom. The van der Waals surface area contributed by atoms with Crippen LogP contribution in [0.3, 0.4) is 0 Å². The monoisotopic (exact) mass is 563 g/mol. The van der Waals surface area contributed by atoms with Gasteiger partial charge in [-0.1, -0.05) is 17.5 Å². The summed E-state index contributed by atoms with van der Waals surface area (Å²) in [5.74, 6) is 0.921. The minimum Gasteiger partial charge on any atom is -0.465 e. The smallest absolute Gasteiger partial charge is 0.435 e. The molecule has 0 radical (unpaired) electrons. The van der Waals surface area contributed by atoms with Gasteiger partial charge in [0.05, 0.1) is 28.0 Å². The van der Waals surface area contributed by atoms with Gasteiger partial charge in [0.25, 0.3) is 11.8 Å². The number of nitrogens with one attached hydrogen (secondary N) is 1. The number of terminal acetylenes is 1. The van der Waals surface area contributed by atoms with E-state index in [1.165, 1.54) is 39.6 Å². The Morgan fingerprint density at radius 2 is 1.85 bits per heavy atom. The fraction of sp³-hybridized carbons (Fsp3) is 0.292. The van der Waals surface area contributed by atoms with Crippen LogP contribution < -0.4 is 5.32 Å². The summed E-state index contributed by atoms with van der Waals surface area (Å²) in [4.78, 5) is 43.5.